The van der Waals surface area contributed by atoms with Crippen LogP contribution in [0.2, 0.25) is 0 Å². The third-order valence-electron chi connectivity index (χ3n) is 3.25. The molecule has 98 valence electrons. The standard InChI is InChI=1S/C14H20N2OS/c1-10-3-6-12(14(15)18)13(9-10)16(7-8-17-2)11-4-5-11/h3,6,9,11H,4-5,7-8H2,1-2H3,(H2,15,18). The van der Waals surface area contributed by atoms with E-state index >= 15 is 0 Å². The summed E-state index contributed by atoms with van der Waals surface area (Å²) in [7, 11) is 1.73. The normalized spacial score (nSPS) is 14.6. The van der Waals surface area contributed by atoms with Crippen LogP contribution in [0.3, 0.4) is 0 Å². The average molecular weight is 264 g/mol. The van der Waals surface area contributed by atoms with Crippen molar-refractivity contribution >= 4 is 22.9 Å². The summed E-state index contributed by atoms with van der Waals surface area (Å²) in [6.45, 7) is 3.70. The molecule has 0 saturated heterocycles. The van der Waals surface area contributed by atoms with Crippen LogP contribution in [-0.4, -0.2) is 31.3 Å². The second kappa shape index (κ2) is 5.67. The zero-order chi connectivity index (χ0) is 13.1. The number of ether oxygens (including phenoxy) is 1. The highest BCUT2D eigenvalue weighted by Crippen LogP contribution is 2.34. The quantitative estimate of drug-likeness (QED) is 0.800. The van der Waals surface area contributed by atoms with Gasteiger partial charge in [-0.25, -0.2) is 0 Å². The van der Waals surface area contributed by atoms with Gasteiger partial charge >= 0.3 is 0 Å². The number of hydrogen-bond donors (Lipinski definition) is 1. The lowest BCUT2D eigenvalue weighted by Gasteiger charge is -2.27. The third-order valence-corrected chi connectivity index (χ3v) is 3.47. The molecule has 1 aliphatic rings. The maximum absolute atomic E-state index is 5.83. The topological polar surface area (TPSA) is 38.5 Å². The van der Waals surface area contributed by atoms with Crippen molar-refractivity contribution in [3.63, 3.8) is 0 Å². The first-order chi connectivity index (χ1) is 8.63. The lowest BCUT2D eigenvalue weighted by Crippen LogP contribution is -2.31. The van der Waals surface area contributed by atoms with Crippen molar-refractivity contribution in [1.29, 1.82) is 0 Å². The maximum Gasteiger partial charge on any atom is 0.106 e. The highest BCUT2D eigenvalue weighted by molar-refractivity contribution is 7.80. The Hall–Kier alpha value is -1.13. The Morgan fingerprint density at radius 2 is 2.22 bits per heavy atom. The Kier molecular flexibility index (Phi) is 4.19. The molecule has 0 unspecified atom stereocenters. The highest BCUT2D eigenvalue weighted by atomic mass is 32.1. The number of anilines is 1. The Labute approximate surface area is 114 Å². The van der Waals surface area contributed by atoms with Crippen molar-refractivity contribution in [3.8, 4) is 0 Å². The van der Waals surface area contributed by atoms with Gasteiger partial charge in [-0.1, -0.05) is 18.3 Å². The van der Waals surface area contributed by atoms with Crippen LogP contribution in [0.15, 0.2) is 18.2 Å². The predicted molar refractivity (Wildman–Crippen MR) is 79.3 cm³/mol. The molecule has 0 heterocycles. The molecule has 0 amide bonds. The van der Waals surface area contributed by atoms with Gasteiger partial charge in [0.2, 0.25) is 0 Å². The number of aryl methyl sites for hydroxylation is 1. The Morgan fingerprint density at radius 1 is 1.50 bits per heavy atom. The summed E-state index contributed by atoms with van der Waals surface area (Å²) in [5.41, 5.74) is 9.18. The Morgan fingerprint density at radius 3 is 2.78 bits per heavy atom. The minimum absolute atomic E-state index is 0.466. The number of thiocarbonyl (C=S) groups is 1. The van der Waals surface area contributed by atoms with E-state index in [-0.39, 0.29) is 0 Å². The van der Waals surface area contributed by atoms with Crippen LogP contribution >= 0.6 is 12.2 Å². The van der Waals surface area contributed by atoms with Gasteiger partial charge in [0, 0.05) is 30.9 Å². The van der Waals surface area contributed by atoms with E-state index in [2.05, 4.69) is 24.0 Å². The fourth-order valence-electron chi connectivity index (χ4n) is 2.16. The Balaban J connectivity index is 2.32. The minimum atomic E-state index is 0.466. The lowest BCUT2D eigenvalue weighted by atomic mass is 10.1. The highest BCUT2D eigenvalue weighted by Gasteiger charge is 2.30. The predicted octanol–water partition coefficient (Wildman–Crippen LogP) is 2.24. The van der Waals surface area contributed by atoms with E-state index in [9.17, 15) is 0 Å². The molecule has 0 spiro atoms. The molecule has 0 bridgehead atoms. The van der Waals surface area contributed by atoms with Gasteiger partial charge < -0.3 is 15.4 Å². The molecular weight excluding hydrogens is 244 g/mol. The van der Waals surface area contributed by atoms with E-state index in [1.807, 2.05) is 6.07 Å². The molecule has 0 radical (unpaired) electrons. The SMILES string of the molecule is COCCN(c1cc(C)ccc1C(N)=S)C1CC1. The van der Waals surface area contributed by atoms with E-state index in [4.69, 9.17) is 22.7 Å². The molecule has 2 rings (SSSR count). The van der Waals surface area contributed by atoms with Gasteiger partial charge in [0.25, 0.3) is 0 Å². The van der Waals surface area contributed by atoms with Crippen LogP contribution in [-0.2, 0) is 4.74 Å². The van der Waals surface area contributed by atoms with E-state index in [1.54, 1.807) is 7.11 Å². The molecule has 3 nitrogen and oxygen atoms in total. The number of rotatable bonds is 6. The van der Waals surface area contributed by atoms with Gasteiger partial charge in [-0.2, -0.15) is 0 Å². The van der Waals surface area contributed by atoms with Crippen LogP contribution < -0.4 is 10.6 Å². The number of nitrogens with two attached hydrogens (primary N) is 1. The molecule has 18 heavy (non-hydrogen) atoms. The van der Waals surface area contributed by atoms with E-state index in [0.717, 1.165) is 24.4 Å². The summed E-state index contributed by atoms with van der Waals surface area (Å²) in [6.07, 6.45) is 2.49. The fraction of sp³-hybridized carbons (Fsp3) is 0.500. The number of hydrogen-bond acceptors (Lipinski definition) is 3. The summed E-state index contributed by atoms with van der Waals surface area (Å²) in [5, 5.41) is 0. The molecular formula is C14H20N2OS. The molecule has 2 N–H and O–H groups in total. The van der Waals surface area contributed by atoms with Crippen molar-refractivity contribution in [2.75, 3.05) is 25.2 Å². The summed E-state index contributed by atoms with van der Waals surface area (Å²) >= 11 is 5.15. The molecule has 1 aromatic rings. The summed E-state index contributed by atoms with van der Waals surface area (Å²) in [5.74, 6) is 0. The molecule has 1 saturated carbocycles. The molecule has 4 heteroatoms. The molecule has 0 aromatic heterocycles. The monoisotopic (exact) mass is 264 g/mol. The smallest absolute Gasteiger partial charge is 0.106 e. The summed E-state index contributed by atoms with van der Waals surface area (Å²) in [4.78, 5) is 2.85. The number of nitrogens with zero attached hydrogens (tertiary/aromatic N) is 1. The van der Waals surface area contributed by atoms with Gasteiger partial charge in [0.05, 0.1) is 6.61 Å². The first kappa shape index (κ1) is 13.3. The van der Waals surface area contributed by atoms with Gasteiger partial charge in [0.15, 0.2) is 0 Å². The first-order valence-electron chi connectivity index (χ1n) is 6.29. The fourth-order valence-corrected chi connectivity index (χ4v) is 2.34. The van der Waals surface area contributed by atoms with Crippen LogP contribution in [0.5, 0.6) is 0 Å². The van der Waals surface area contributed by atoms with Crippen molar-refractivity contribution in [2.24, 2.45) is 5.73 Å². The van der Waals surface area contributed by atoms with E-state index in [0.29, 0.717) is 11.0 Å². The third kappa shape index (κ3) is 3.00. The van der Waals surface area contributed by atoms with Crippen molar-refractivity contribution in [2.45, 2.75) is 25.8 Å². The summed E-state index contributed by atoms with van der Waals surface area (Å²) in [6, 6.07) is 6.87. The maximum atomic E-state index is 5.83. The zero-order valence-corrected chi connectivity index (χ0v) is 11.8. The van der Waals surface area contributed by atoms with Crippen molar-refractivity contribution < 1.29 is 4.74 Å². The van der Waals surface area contributed by atoms with Gasteiger partial charge in [0.1, 0.15) is 4.99 Å². The molecule has 0 atom stereocenters. The molecule has 1 aromatic carbocycles. The number of methoxy groups -OCH3 is 1. The molecule has 1 aliphatic carbocycles. The van der Waals surface area contributed by atoms with E-state index in [1.165, 1.54) is 18.4 Å². The second-order valence-corrected chi connectivity index (χ2v) is 5.24. The summed E-state index contributed by atoms with van der Waals surface area (Å²) < 4.78 is 5.20. The Bertz CT molecular complexity index is 443. The largest absolute Gasteiger partial charge is 0.389 e. The minimum Gasteiger partial charge on any atom is -0.389 e. The first-order valence-corrected chi connectivity index (χ1v) is 6.70. The van der Waals surface area contributed by atoms with Gasteiger partial charge in [-0.3, -0.25) is 0 Å². The van der Waals surface area contributed by atoms with Gasteiger partial charge in [-0.15, -0.1) is 0 Å². The second-order valence-electron chi connectivity index (χ2n) is 4.80. The van der Waals surface area contributed by atoms with Gasteiger partial charge in [-0.05, 0) is 37.5 Å². The average Bonchev–Trinajstić information content (AvgIpc) is 3.13. The molecule has 1 fully saturated rings. The number of benzene rings is 1. The lowest BCUT2D eigenvalue weighted by molar-refractivity contribution is 0.205. The van der Waals surface area contributed by atoms with Crippen LogP contribution in [0.1, 0.15) is 24.0 Å². The van der Waals surface area contributed by atoms with Crippen LogP contribution in [0, 0.1) is 6.92 Å². The van der Waals surface area contributed by atoms with E-state index < -0.39 is 0 Å². The van der Waals surface area contributed by atoms with Crippen molar-refractivity contribution in [1.82, 2.24) is 0 Å². The van der Waals surface area contributed by atoms with Crippen molar-refractivity contribution in [3.05, 3.63) is 29.3 Å². The molecule has 0 aliphatic heterocycles. The van der Waals surface area contributed by atoms with Crippen LogP contribution in [0.4, 0.5) is 5.69 Å². The van der Waals surface area contributed by atoms with Crippen LogP contribution in [0.25, 0.3) is 0 Å². The zero-order valence-electron chi connectivity index (χ0n) is 11.0.